The average Bonchev–Trinajstić information content (AvgIpc) is 3.02. The molecule has 0 aromatic carbocycles. The Bertz CT molecular complexity index is 541. The lowest BCUT2D eigenvalue weighted by Crippen LogP contribution is -2.62. The Kier molecular flexibility index (Phi) is 4.79. The van der Waals surface area contributed by atoms with Gasteiger partial charge in [-0.25, -0.2) is 0 Å². The summed E-state index contributed by atoms with van der Waals surface area (Å²) in [4.78, 5) is 7.95. The second kappa shape index (κ2) is 6.81. The molecule has 1 aromatic rings. The molecule has 0 saturated carbocycles. The molecule has 2 aliphatic heterocycles. The number of hydrogen-bond donors (Lipinski definition) is 4. The molecule has 1 aromatic heterocycles. The van der Waals surface area contributed by atoms with E-state index in [-0.39, 0.29) is 0 Å². The maximum absolute atomic E-state index is 10.1. The molecule has 0 unspecified atom stereocenters. The van der Waals surface area contributed by atoms with Crippen LogP contribution in [0.2, 0.25) is 0 Å². The summed E-state index contributed by atoms with van der Waals surface area (Å²) in [7, 11) is 0. The molecular formula is C15H21N3O5. The quantitative estimate of drug-likeness (QED) is 0.526. The highest BCUT2D eigenvalue weighted by atomic mass is 16.6. The van der Waals surface area contributed by atoms with Gasteiger partial charge in [-0.2, -0.15) is 0 Å². The Morgan fingerprint density at radius 3 is 2.65 bits per heavy atom. The van der Waals surface area contributed by atoms with Crippen LogP contribution in [0.3, 0.4) is 0 Å². The molecule has 5 atom stereocenters. The third kappa shape index (κ3) is 3.31. The largest absolute Gasteiger partial charge is 0.394 e. The van der Waals surface area contributed by atoms with Gasteiger partial charge in [0.1, 0.15) is 24.4 Å². The van der Waals surface area contributed by atoms with Crippen molar-refractivity contribution in [2.24, 2.45) is 0 Å². The molecule has 8 heteroatoms. The lowest BCUT2D eigenvalue weighted by atomic mass is 9.98. The van der Waals surface area contributed by atoms with Crippen molar-refractivity contribution in [2.45, 2.75) is 37.2 Å². The van der Waals surface area contributed by atoms with Crippen molar-refractivity contribution in [2.75, 3.05) is 13.3 Å². The summed E-state index contributed by atoms with van der Waals surface area (Å²) >= 11 is 0. The van der Waals surface area contributed by atoms with E-state index in [2.05, 4.69) is 4.98 Å². The molecule has 23 heavy (non-hydrogen) atoms. The standard InChI is InChI=1S/C15H21N3O5/c19-8-11-12(20)13(21)14(22)15(23-11)18-6-5-17(9-18)7-10-3-1-2-4-16-10/h1-6,11-15,19-22H,7-9H2/t11-,12-,13+,14-,15-/m1/s1. The number of nitrogens with zero attached hydrogens (tertiary/aromatic N) is 3. The maximum atomic E-state index is 10.1. The minimum absolute atomic E-state index is 0.434. The number of aliphatic hydroxyl groups is 4. The van der Waals surface area contributed by atoms with Crippen molar-refractivity contribution in [1.82, 2.24) is 14.8 Å². The highest BCUT2D eigenvalue weighted by molar-refractivity contribution is 5.06. The third-order valence-electron chi connectivity index (χ3n) is 4.10. The highest BCUT2D eigenvalue weighted by Gasteiger charge is 2.45. The Balaban J connectivity index is 1.63. The second-order valence-electron chi connectivity index (χ2n) is 5.74. The van der Waals surface area contributed by atoms with Gasteiger partial charge < -0.3 is 35.0 Å². The van der Waals surface area contributed by atoms with Crippen molar-refractivity contribution >= 4 is 0 Å². The highest BCUT2D eigenvalue weighted by Crippen LogP contribution is 2.26. The summed E-state index contributed by atoms with van der Waals surface area (Å²) < 4.78 is 5.54. The van der Waals surface area contributed by atoms with Crippen LogP contribution in [0, 0.1) is 0 Å². The summed E-state index contributed by atoms with van der Waals surface area (Å²) in [6.07, 6.45) is -0.415. The van der Waals surface area contributed by atoms with Crippen LogP contribution in [0.25, 0.3) is 0 Å². The fourth-order valence-corrected chi connectivity index (χ4v) is 2.81. The molecule has 2 aliphatic rings. The number of aliphatic hydroxyl groups excluding tert-OH is 4. The third-order valence-corrected chi connectivity index (χ3v) is 4.10. The van der Waals surface area contributed by atoms with Crippen molar-refractivity contribution in [3.05, 3.63) is 42.5 Å². The summed E-state index contributed by atoms with van der Waals surface area (Å²) in [5.74, 6) is 0. The van der Waals surface area contributed by atoms with Gasteiger partial charge in [-0.3, -0.25) is 4.98 Å². The van der Waals surface area contributed by atoms with Crippen LogP contribution >= 0.6 is 0 Å². The topological polar surface area (TPSA) is 110 Å². The lowest BCUT2D eigenvalue weighted by molar-refractivity contribution is -0.259. The van der Waals surface area contributed by atoms with E-state index in [4.69, 9.17) is 4.74 Å². The monoisotopic (exact) mass is 323 g/mol. The Hall–Kier alpha value is -1.71. The van der Waals surface area contributed by atoms with E-state index in [1.54, 1.807) is 17.3 Å². The van der Waals surface area contributed by atoms with Crippen LogP contribution in [0.5, 0.6) is 0 Å². The van der Waals surface area contributed by atoms with Crippen molar-refractivity contribution in [3.63, 3.8) is 0 Å². The van der Waals surface area contributed by atoms with Gasteiger partial charge >= 0.3 is 0 Å². The number of hydrogen-bond acceptors (Lipinski definition) is 8. The fourth-order valence-electron chi connectivity index (χ4n) is 2.81. The van der Waals surface area contributed by atoms with E-state index in [1.807, 2.05) is 29.3 Å². The molecule has 126 valence electrons. The zero-order valence-corrected chi connectivity index (χ0v) is 12.5. The van der Waals surface area contributed by atoms with E-state index < -0.39 is 37.3 Å². The molecule has 0 radical (unpaired) electrons. The smallest absolute Gasteiger partial charge is 0.160 e. The van der Waals surface area contributed by atoms with Gasteiger partial charge in [0.15, 0.2) is 6.23 Å². The Morgan fingerprint density at radius 2 is 1.96 bits per heavy atom. The first-order valence-corrected chi connectivity index (χ1v) is 7.48. The van der Waals surface area contributed by atoms with Crippen LogP contribution in [0.1, 0.15) is 5.69 Å². The van der Waals surface area contributed by atoms with Crippen LogP contribution in [0.4, 0.5) is 0 Å². The Labute approximate surface area is 133 Å². The van der Waals surface area contributed by atoms with E-state index >= 15 is 0 Å². The fraction of sp³-hybridized carbons (Fsp3) is 0.533. The minimum Gasteiger partial charge on any atom is -0.394 e. The normalized spacial score (nSPS) is 34.2. The molecular weight excluding hydrogens is 302 g/mol. The molecule has 4 N–H and O–H groups in total. The molecule has 0 amide bonds. The lowest BCUT2D eigenvalue weighted by Gasteiger charge is -2.43. The molecule has 0 spiro atoms. The average molecular weight is 323 g/mol. The molecule has 0 aliphatic carbocycles. The molecule has 8 nitrogen and oxygen atoms in total. The predicted octanol–water partition coefficient (Wildman–Crippen LogP) is -1.57. The van der Waals surface area contributed by atoms with Crippen molar-refractivity contribution < 1.29 is 25.2 Å². The zero-order valence-electron chi connectivity index (χ0n) is 12.5. The van der Waals surface area contributed by atoms with Gasteiger partial charge in [0, 0.05) is 18.6 Å². The van der Waals surface area contributed by atoms with Gasteiger partial charge in [0.25, 0.3) is 0 Å². The summed E-state index contributed by atoms with van der Waals surface area (Å²) in [5, 5.41) is 39.1. The van der Waals surface area contributed by atoms with Crippen LogP contribution in [-0.4, -0.2) is 79.1 Å². The summed E-state index contributed by atoms with van der Waals surface area (Å²) in [6.45, 7) is 0.612. The van der Waals surface area contributed by atoms with Crippen LogP contribution in [-0.2, 0) is 11.3 Å². The number of ether oxygens (including phenoxy) is 1. The Morgan fingerprint density at radius 1 is 1.13 bits per heavy atom. The van der Waals surface area contributed by atoms with E-state index in [9.17, 15) is 20.4 Å². The number of rotatable bonds is 4. The van der Waals surface area contributed by atoms with E-state index in [0.717, 1.165) is 5.69 Å². The molecule has 1 fully saturated rings. The predicted molar refractivity (Wildman–Crippen MR) is 79.4 cm³/mol. The first kappa shape index (κ1) is 16.2. The van der Waals surface area contributed by atoms with Gasteiger partial charge in [0.2, 0.25) is 0 Å². The second-order valence-corrected chi connectivity index (χ2v) is 5.74. The van der Waals surface area contributed by atoms with Crippen LogP contribution < -0.4 is 0 Å². The van der Waals surface area contributed by atoms with Crippen LogP contribution in [0.15, 0.2) is 36.8 Å². The maximum Gasteiger partial charge on any atom is 0.160 e. The first-order valence-electron chi connectivity index (χ1n) is 7.48. The first-order chi connectivity index (χ1) is 11.1. The van der Waals surface area contributed by atoms with Gasteiger partial charge in [0.05, 0.1) is 25.5 Å². The van der Waals surface area contributed by atoms with Crippen molar-refractivity contribution in [3.8, 4) is 0 Å². The van der Waals surface area contributed by atoms with E-state index in [0.29, 0.717) is 13.2 Å². The summed E-state index contributed by atoms with van der Waals surface area (Å²) in [6, 6.07) is 5.69. The number of aromatic nitrogens is 1. The number of pyridine rings is 1. The van der Waals surface area contributed by atoms with Gasteiger partial charge in [-0.15, -0.1) is 0 Å². The van der Waals surface area contributed by atoms with Gasteiger partial charge in [-0.05, 0) is 12.1 Å². The molecule has 1 saturated heterocycles. The van der Waals surface area contributed by atoms with E-state index in [1.165, 1.54) is 0 Å². The minimum atomic E-state index is -1.37. The van der Waals surface area contributed by atoms with Gasteiger partial charge in [-0.1, -0.05) is 6.07 Å². The summed E-state index contributed by atoms with van der Waals surface area (Å²) in [5.41, 5.74) is 0.910. The van der Waals surface area contributed by atoms with Crippen molar-refractivity contribution in [1.29, 1.82) is 0 Å². The molecule has 0 bridgehead atoms. The molecule has 3 heterocycles. The molecule has 3 rings (SSSR count). The SMILES string of the molecule is OC[C@H]1O[C@@H](N2C=CN(Cc3ccccn3)C2)[C@H](O)[C@@H](O)[C@@H]1O. The zero-order chi connectivity index (χ0) is 16.4.